The molecule has 248 valence electrons. The maximum Gasteiger partial charge on any atom is 0.368 e. The Morgan fingerprint density at radius 1 is 0.979 bits per heavy atom. The first-order valence-corrected chi connectivity index (χ1v) is 15.7. The molecule has 1 aliphatic carbocycles. The summed E-state index contributed by atoms with van der Waals surface area (Å²) in [6, 6.07) is 14.8. The number of amides is 1. The Morgan fingerprint density at radius 3 is 2.42 bits per heavy atom. The van der Waals surface area contributed by atoms with E-state index < -0.39 is 43.3 Å². The van der Waals surface area contributed by atoms with Gasteiger partial charge in [-0.05, 0) is 54.1 Å². The van der Waals surface area contributed by atoms with Crippen LogP contribution in [0.15, 0.2) is 88.3 Å². The number of hydrogen-bond donors (Lipinski definition) is 8. The highest BCUT2D eigenvalue weighted by atomic mass is 31.2. The van der Waals surface area contributed by atoms with Crippen molar-refractivity contribution in [3.63, 3.8) is 0 Å². The molecule has 0 bridgehead atoms. The SMILES string of the molecule is O=C(NCC(O)C[n+]1cccc(CC(O)(C(=O)O)P(=O)(O)O)c1)c1ccc(C(=O)O)c(-c2c3ccc(=O)cc-3oc3cc(O)ccc23)c1. The lowest BCUT2D eigenvalue weighted by molar-refractivity contribution is -0.703. The summed E-state index contributed by atoms with van der Waals surface area (Å²) < 4.78 is 18.8. The van der Waals surface area contributed by atoms with E-state index >= 15 is 0 Å². The van der Waals surface area contributed by atoms with Crippen LogP contribution in [-0.4, -0.2) is 71.2 Å². The molecule has 2 unspecified atom stereocenters. The molecule has 1 amide bonds. The highest BCUT2D eigenvalue weighted by molar-refractivity contribution is 7.54. The number of rotatable bonds is 11. The number of phenols is 1. The minimum atomic E-state index is -5.47. The average molecular weight is 680 g/mol. The van der Waals surface area contributed by atoms with Crippen LogP contribution >= 0.6 is 7.60 Å². The van der Waals surface area contributed by atoms with Crippen molar-refractivity contribution in [1.82, 2.24) is 5.32 Å². The second kappa shape index (κ2) is 13.0. The zero-order valence-corrected chi connectivity index (χ0v) is 25.6. The van der Waals surface area contributed by atoms with Gasteiger partial charge in [0.1, 0.15) is 23.2 Å². The van der Waals surface area contributed by atoms with Gasteiger partial charge in [0, 0.05) is 52.3 Å². The molecule has 2 heterocycles. The number of carboxylic acid groups (broad SMARTS) is 2. The van der Waals surface area contributed by atoms with E-state index in [9.17, 15) is 59.1 Å². The zero-order chi connectivity index (χ0) is 35.0. The van der Waals surface area contributed by atoms with Crippen LogP contribution in [0.4, 0.5) is 0 Å². The maximum atomic E-state index is 13.2. The predicted molar refractivity (Wildman–Crippen MR) is 166 cm³/mol. The predicted octanol–water partition coefficient (Wildman–Crippen LogP) is 1.54. The standard InChI is InChI=1S/C32H27N2O13P/c35-19-4-7-23-26(11-19)47-27-12-20(36)5-8-24(27)28(23)25-10-18(3-6-22(25)30(39)40)29(38)33-14-21(37)16-34-9-1-2-17(15-34)13-32(43,31(41)42)48(44,45)46/h1-12,15,21,37,43H,13-14,16H2,(H5-,33,35,36,38,39,40,41,42,44,45,46)/p+1. The van der Waals surface area contributed by atoms with E-state index in [0.29, 0.717) is 16.5 Å². The minimum absolute atomic E-state index is 0.0311. The van der Waals surface area contributed by atoms with E-state index in [0.717, 1.165) is 0 Å². The molecule has 0 radical (unpaired) electrons. The van der Waals surface area contributed by atoms with Crippen LogP contribution in [0, 0.1) is 0 Å². The van der Waals surface area contributed by atoms with Crippen LogP contribution in [0.3, 0.4) is 0 Å². The van der Waals surface area contributed by atoms with Crippen molar-refractivity contribution in [2.75, 3.05) is 6.54 Å². The van der Waals surface area contributed by atoms with Gasteiger partial charge >= 0.3 is 19.5 Å². The Morgan fingerprint density at radius 2 is 1.73 bits per heavy atom. The van der Waals surface area contributed by atoms with Gasteiger partial charge in [0.05, 0.1) is 12.1 Å². The first-order chi connectivity index (χ1) is 22.6. The van der Waals surface area contributed by atoms with Gasteiger partial charge in [-0.1, -0.05) is 0 Å². The van der Waals surface area contributed by atoms with Gasteiger partial charge in [-0.15, -0.1) is 0 Å². The van der Waals surface area contributed by atoms with Gasteiger partial charge in [0.15, 0.2) is 24.4 Å². The second-order valence-corrected chi connectivity index (χ2v) is 12.8. The Bertz CT molecular complexity index is 2160. The van der Waals surface area contributed by atoms with Crippen LogP contribution in [0.2, 0.25) is 0 Å². The van der Waals surface area contributed by atoms with Crippen LogP contribution in [0.5, 0.6) is 5.75 Å². The van der Waals surface area contributed by atoms with Crippen molar-refractivity contribution >= 4 is 36.4 Å². The second-order valence-electron chi connectivity index (χ2n) is 11.0. The fourth-order valence-corrected chi connectivity index (χ4v) is 5.87. The topological polar surface area (TPSA) is 256 Å². The van der Waals surface area contributed by atoms with Crippen molar-refractivity contribution in [2.24, 2.45) is 0 Å². The number of nitrogens with zero attached hydrogens (tertiary/aromatic N) is 1. The van der Waals surface area contributed by atoms with Crippen molar-refractivity contribution in [1.29, 1.82) is 0 Å². The van der Waals surface area contributed by atoms with Crippen LogP contribution in [0.25, 0.3) is 33.4 Å². The Kier molecular flexibility index (Phi) is 9.17. The van der Waals surface area contributed by atoms with Crippen molar-refractivity contribution in [3.8, 4) is 28.2 Å². The average Bonchev–Trinajstić information content (AvgIpc) is 3.01. The van der Waals surface area contributed by atoms with E-state index in [1.165, 1.54) is 83.7 Å². The number of aliphatic hydroxyl groups is 2. The molecule has 8 N–H and O–H groups in total. The van der Waals surface area contributed by atoms with Gasteiger partial charge in [0.25, 0.3) is 11.2 Å². The van der Waals surface area contributed by atoms with Crippen molar-refractivity contribution in [3.05, 3.63) is 106 Å². The van der Waals surface area contributed by atoms with Crippen molar-refractivity contribution in [2.45, 2.75) is 24.4 Å². The Hall–Kier alpha value is -5.44. The molecule has 2 aliphatic rings. The molecule has 0 saturated heterocycles. The summed E-state index contributed by atoms with van der Waals surface area (Å²) in [4.78, 5) is 67.8. The first kappa shape index (κ1) is 33.9. The highest BCUT2D eigenvalue weighted by Crippen LogP contribution is 2.50. The van der Waals surface area contributed by atoms with Crippen LogP contribution in [-0.2, 0) is 22.3 Å². The minimum Gasteiger partial charge on any atom is -0.508 e. The normalized spacial score (nSPS) is 13.6. The van der Waals surface area contributed by atoms with E-state index in [1.54, 1.807) is 0 Å². The number of carbonyl (C=O) groups is 3. The number of aromatic nitrogens is 1. The lowest BCUT2D eigenvalue weighted by Crippen LogP contribution is -2.45. The van der Waals surface area contributed by atoms with Gasteiger partial charge in [-0.2, -0.15) is 0 Å². The molecule has 48 heavy (non-hydrogen) atoms. The Labute approximate surface area is 270 Å². The lowest BCUT2D eigenvalue weighted by atomic mass is 9.89. The fraction of sp³-hybridized carbons (Fsp3) is 0.156. The zero-order valence-electron chi connectivity index (χ0n) is 24.7. The number of hydrogen-bond acceptors (Lipinski definition) is 9. The fourth-order valence-electron chi connectivity index (χ4n) is 5.23. The molecule has 1 aliphatic heterocycles. The number of aliphatic hydroxyl groups excluding tert-OH is 1. The van der Waals surface area contributed by atoms with Gasteiger partial charge < -0.3 is 45.1 Å². The van der Waals surface area contributed by atoms with Crippen molar-refractivity contribution < 1.29 is 63.3 Å². The summed E-state index contributed by atoms with van der Waals surface area (Å²) in [6.07, 6.45) is 0.611. The number of aromatic carboxylic acids is 1. The third-order valence-electron chi connectivity index (χ3n) is 7.57. The highest BCUT2D eigenvalue weighted by Gasteiger charge is 2.53. The number of phenolic OH excluding ortho intramolecular Hbond substituents is 1. The summed E-state index contributed by atoms with van der Waals surface area (Å²) in [7, 11) is -5.47. The smallest absolute Gasteiger partial charge is 0.368 e. The van der Waals surface area contributed by atoms with E-state index in [1.807, 2.05) is 0 Å². The number of aromatic hydroxyl groups is 1. The van der Waals surface area contributed by atoms with E-state index in [4.69, 9.17) is 4.42 Å². The third-order valence-corrected chi connectivity index (χ3v) is 8.89. The number of carbonyl (C=O) groups excluding carboxylic acids is 1. The molecule has 0 spiro atoms. The van der Waals surface area contributed by atoms with Crippen LogP contribution in [0.1, 0.15) is 26.3 Å². The number of aliphatic carboxylic acids is 1. The number of nitrogens with one attached hydrogen (secondary N) is 1. The van der Waals surface area contributed by atoms with Crippen LogP contribution < -0.4 is 15.3 Å². The molecule has 16 heteroatoms. The molecule has 15 nitrogen and oxygen atoms in total. The van der Waals surface area contributed by atoms with E-state index in [-0.39, 0.29) is 57.9 Å². The number of carboxylic acids is 2. The first-order valence-electron chi connectivity index (χ1n) is 14.1. The quantitative estimate of drug-likeness (QED) is 0.0561. The summed E-state index contributed by atoms with van der Waals surface area (Å²) >= 11 is 0. The molecule has 0 saturated carbocycles. The van der Waals surface area contributed by atoms with Gasteiger partial charge in [-0.25, -0.2) is 14.2 Å². The summed E-state index contributed by atoms with van der Waals surface area (Å²) in [5, 5.41) is 49.6. The third kappa shape index (κ3) is 6.81. The summed E-state index contributed by atoms with van der Waals surface area (Å²) in [5.74, 6) is -4.08. The van der Waals surface area contributed by atoms with Gasteiger partial charge in [-0.3, -0.25) is 14.2 Å². The Balaban J connectivity index is 1.40. The molecule has 2 atom stereocenters. The molecular formula is C32H28N2O13P+. The lowest BCUT2D eigenvalue weighted by Gasteiger charge is -2.23. The molecule has 1 aromatic heterocycles. The molecular weight excluding hydrogens is 651 g/mol. The largest absolute Gasteiger partial charge is 0.508 e. The van der Waals surface area contributed by atoms with E-state index in [2.05, 4.69) is 5.32 Å². The molecule has 2 aromatic carbocycles. The molecule has 5 rings (SSSR count). The summed E-state index contributed by atoms with van der Waals surface area (Å²) in [5.41, 5.74) is 0.544. The molecule has 0 fully saturated rings. The monoisotopic (exact) mass is 679 g/mol. The maximum absolute atomic E-state index is 13.2. The number of benzene rings is 3. The number of pyridine rings is 1. The van der Waals surface area contributed by atoms with Gasteiger partial charge in [0.2, 0.25) is 0 Å². The molecule has 3 aromatic rings. The summed E-state index contributed by atoms with van der Waals surface area (Å²) in [6.45, 7) is -0.450. The number of fused-ring (bicyclic) bond motifs is 2.